The van der Waals surface area contributed by atoms with Crippen LogP contribution in [0.5, 0.6) is 5.75 Å². The number of carbonyl (C=O) groups excluding carboxylic acids is 1. The summed E-state index contributed by atoms with van der Waals surface area (Å²) < 4.78 is 38.5. The van der Waals surface area contributed by atoms with Gasteiger partial charge in [0.15, 0.2) is 12.4 Å². The fourth-order valence-corrected chi connectivity index (χ4v) is 5.82. The minimum Gasteiger partial charge on any atom is -0.462 e. The van der Waals surface area contributed by atoms with E-state index in [1.54, 1.807) is 44.2 Å². The first-order valence-corrected chi connectivity index (χ1v) is 13.9. The van der Waals surface area contributed by atoms with E-state index in [1.807, 2.05) is 4.98 Å². The van der Waals surface area contributed by atoms with Gasteiger partial charge in [-0.1, -0.05) is 23.3 Å². The zero-order valence-electron chi connectivity index (χ0n) is 20.5. The summed E-state index contributed by atoms with van der Waals surface area (Å²) >= 11 is 5.57. The lowest BCUT2D eigenvalue weighted by molar-refractivity contribution is -0.149. The minimum atomic E-state index is -3.71. The molecule has 1 aliphatic heterocycles. The highest BCUT2D eigenvalue weighted by Crippen LogP contribution is 2.49. The summed E-state index contributed by atoms with van der Waals surface area (Å²) in [4.78, 5) is 40.6. The van der Waals surface area contributed by atoms with Crippen LogP contribution in [0, 0.1) is 0 Å². The summed E-state index contributed by atoms with van der Waals surface area (Å²) in [6.45, 7) is 0.187. The van der Waals surface area contributed by atoms with Crippen LogP contribution < -0.4 is 20.9 Å². The van der Waals surface area contributed by atoms with E-state index < -0.39 is 66.8 Å². The molecule has 1 aromatic carbocycles. The molecule has 2 heterocycles. The van der Waals surface area contributed by atoms with Crippen molar-refractivity contribution in [1.29, 1.82) is 0 Å². The van der Waals surface area contributed by atoms with Gasteiger partial charge in [0.2, 0.25) is 5.72 Å². The number of aromatic nitrogens is 2. The first kappa shape index (κ1) is 29.5. The van der Waals surface area contributed by atoms with Gasteiger partial charge in [-0.25, -0.2) is 14.3 Å². The number of carbonyl (C=O) groups is 1. The molecule has 17 heteroatoms. The second-order valence-electron chi connectivity index (χ2n) is 8.46. The highest BCUT2D eigenvalue weighted by molar-refractivity contribution is 8.09. The first-order valence-electron chi connectivity index (χ1n) is 11.2. The second kappa shape index (κ2) is 12.2. The smallest absolute Gasteiger partial charge is 0.330 e. The second-order valence-corrected chi connectivity index (χ2v) is 11.6. The Bertz CT molecular complexity index is 1350. The van der Waals surface area contributed by atoms with E-state index in [0.29, 0.717) is 0 Å². The van der Waals surface area contributed by atoms with E-state index in [-0.39, 0.29) is 5.75 Å². The summed E-state index contributed by atoms with van der Waals surface area (Å²) in [7, 11) is 0. The Hall–Kier alpha value is -3.10. The summed E-state index contributed by atoms with van der Waals surface area (Å²) in [5.74, 6) is -0.403. The number of aliphatic hydroxyl groups excluding tert-OH is 1. The standard InChI is InChI=1S/C21H26FN6O8PS/c1-12(2)34-19(31)13(3)25-37(38,36-14-7-5-4-6-8-14)33-11-21(26-27-23)17(22)16(30)18(35-21)28-10-9-15(29)24-20(28)32/h4-10,12-13,16-18,30H,11H2,1-3H3,(H,25,38)(H,24,29,32)/t13-,16+,17-,18+,21+,37?/m0/s1. The number of nitrogens with one attached hydrogen (secondary N) is 2. The van der Waals surface area contributed by atoms with Crippen LogP contribution in [-0.2, 0) is 30.6 Å². The summed E-state index contributed by atoms with van der Waals surface area (Å²) in [5, 5.41) is 16.7. The van der Waals surface area contributed by atoms with Gasteiger partial charge in [-0.05, 0) is 50.2 Å². The molecule has 14 nitrogen and oxygen atoms in total. The van der Waals surface area contributed by atoms with Gasteiger partial charge in [-0.15, -0.1) is 0 Å². The van der Waals surface area contributed by atoms with E-state index in [9.17, 15) is 19.5 Å². The molecule has 0 saturated carbocycles. The molecule has 0 spiro atoms. The Kier molecular flexibility index (Phi) is 9.44. The molecule has 0 radical (unpaired) electrons. The van der Waals surface area contributed by atoms with E-state index in [1.165, 1.54) is 6.92 Å². The zero-order valence-corrected chi connectivity index (χ0v) is 22.2. The molecule has 1 fully saturated rings. The highest BCUT2D eigenvalue weighted by Gasteiger charge is 2.57. The Morgan fingerprint density at radius 2 is 2.05 bits per heavy atom. The topological polar surface area (TPSA) is 190 Å². The van der Waals surface area contributed by atoms with Gasteiger partial charge in [0.05, 0.1) is 12.7 Å². The SMILES string of the molecule is CC(C)OC(=O)[C@H](C)NP(=S)(OC[C@@]1(N=[N+]=[N-])O[C@@H](n2ccc(=O)[nH]c2=O)[C@H](O)[C@@H]1F)Oc1ccccc1. The van der Waals surface area contributed by atoms with Crippen molar-refractivity contribution >= 4 is 24.4 Å². The molecular formula is C21H26FN6O8PS. The summed E-state index contributed by atoms with van der Waals surface area (Å²) in [5.41, 5.74) is 4.92. The van der Waals surface area contributed by atoms with Crippen LogP contribution in [0.1, 0.15) is 27.0 Å². The van der Waals surface area contributed by atoms with Gasteiger partial charge < -0.3 is 23.6 Å². The molecule has 1 saturated heterocycles. The van der Waals surface area contributed by atoms with Crippen LogP contribution in [0.15, 0.2) is 57.3 Å². The third kappa shape index (κ3) is 6.85. The molecule has 38 heavy (non-hydrogen) atoms. The number of H-pyrrole nitrogens is 1. The van der Waals surface area contributed by atoms with Gasteiger partial charge in [-0.3, -0.25) is 19.1 Å². The zero-order chi connectivity index (χ0) is 28.1. The number of esters is 1. The molecule has 1 aliphatic rings. The largest absolute Gasteiger partial charge is 0.462 e. The molecule has 0 aliphatic carbocycles. The molecule has 206 valence electrons. The third-order valence-electron chi connectivity index (χ3n) is 5.15. The average molecular weight is 573 g/mol. The quantitative estimate of drug-likeness (QED) is 0.118. The molecule has 0 amide bonds. The normalized spacial score (nSPS) is 25.3. The number of azide groups is 1. The molecule has 6 atom stereocenters. The van der Waals surface area contributed by atoms with Crippen molar-refractivity contribution in [3.05, 3.63) is 73.9 Å². The maximum Gasteiger partial charge on any atom is 0.330 e. The van der Waals surface area contributed by atoms with Crippen LogP contribution >= 0.6 is 6.64 Å². The number of hydrogen-bond donors (Lipinski definition) is 3. The van der Waals surface area contributed by atoms with Gasteiger partial charge in [-0.2, -0.15) is 0 Å². The number of halogens is 1. The van der Waals surface area contributed by atoms with E-state index in [4.69, 9.17) is 35.9 Å². The maximum atomic E-state index is 15.4. The van der Waals surface area contributed by atoms with Gasteiger partial charge >= 0.3 is 18.3 Å². The first-order chi connectivity index (χ1) is 17.9. The average Bonchev–Trinajstić information content (AvgIpc) is 3.09. The molecule has 1 unspecified atom stereocenters. The number of para-hydroxylation sites is 1. The highest BCUT2D eigenvalue weighted by atomic mass is 32.5. The Labute approximate surface area is 220 Å². The number of aromatic amines is 1. The van der Waals surface area contributed by atoms with Crippen LogP contribution in [0.25, 0.3) is 10.4 Å². The minimum absolute atomic E-state index is 0.257. The van der Waals surface area contributed by atoms with Crippen LogP contribution in [0.2, 0.25) is 0 Å². The fraction of sp³-hybridized carbons (Fsp3) is 0.476. The maximum absolute atomic E-state index is 15.4. The van der Waals surface area contributed by atoms with Crippen LogP contribution in [-0.4, -0.2) is 57.4 Å². The van der Waals surface area contributed by atoms with Crippen molar-refractivity contribution in [3.63, 3.8) is 0 Å². The van der Waals surface area contributed by atoms with Crippen molar-refractivity contribution in [1.82, 2.24) is 14.6 Å². The number of alkyl halides is 1. The van der Waals surface area contributed by atoms with Gasteiger partial charge in [0, 0.05) is 17.2 Å². The fourth-order valence-electron chi connectivity index (χ4n) is 3.41. The van der Waals surface area contributed by atoms with Crippen molar-refractivity contribution in [2.45, 2.75) is 57.1 Å². The monoisotopic (exact) mass is 572 g/mol. The van der Waals surface area contributed by atoms with Crippen molar-refractivity contribution in [2.24, 2.45) is 5.11 Å². The molecular weight excluding hydrogens is 546 g/mol. The van der Waals surface area contributed by atoms with Crippen molar-refractivity contribution in [3.8, 4) is 5.75 Å². The Morgan fingerprint density at radius 3 is 2.66 bits per heavy atom. The number of aliphatic hydroxyl groups is 1. The lowest BCUT2D eigenvalue weighted by Gasteiger charge is -2.31. The molecule has 1 aromatic heterocycles. The number of hydrogen-bond acceptors (Lipinski definition) is 10. The number of benzene rings is 1. The number of rotatable bonds is 11. The summed E-state index contributed by atoms with van der Waals surface area (Å²) in [6, 6.07) is 8.12. The van der Waals surface area contributed by atoms with Crippen molar-refractivity contribution in [2.75, 3.05) is 6.61 Å². The number of nitrogens with zero attached hydrogens (tertiary/aromatic N) is 4. The van der Waals surface area contributed by atoms with E-state index >= 15 is 4.39 Å². The molecule has 2 aromatic rings. The van der Waals surface area contributed by atoms with Gasteiger partial charge in [0.1, 0.15) is 17.9 Å². The van der Waals surface area contributed by atoms with Crippen LogP contribution in [0.3, 0.4) is 0 Å². The van der Waals surface area contributed by atoms with Crippen molar-refractivity contribution < 1.29 is 32.8 Å². The Balaban J connectivity index is 1.91. The lowest BCUT2D eigenvalue weighted by Crippen LogP contribution is -2.43. The number of ether oxygens (including phenoxy) is 2. The predicted molar refractivity (Wildman–Crippen MR) is 135 cm³/mol. The molecule has 3 rings (SSSR count). The Morgan fingerprint density at radius 1 is 1.37 bits per heavy atom. The predicted octanol–water partition coefficient (Wildman–Crippen LogP) is 2.02. The van der Waals surface area contributed by atoms with E-state index in [2.05, 4.69) is 15.1 Å². The molecule has 3 N–H and O–H groups in total. The third-order valence-corrected chi connectivity index (χ3v) is 7.63. The van der Waals surface area contributed by atoms with Gasteiger partial charge in [0.25, 0.3) is 5.56 Å². The van der Waals surface area contributed by atoms with E-state index in [0.717, 1.165) is 16.8 Å². The van der Waals surface area contributed by atoms with Crippen LogP contribution in [0.4, 0.5) is 4.39 Å². The molecule has 0 bridgehead atoms. The lowest BCUT2D eigenvalue weighted by atomic mass is 10.1. The summed E-state index contributed by atoms with van der Waals surface area (Å²) in [6.07, 6.45) is -5.52.